The Kier molecular flexibility index (Phi) is 12.8. The third kappa shape index (κ3) is 8.99. The maximum absolute atomic E-state index is 12.3. The van der Waals surface area contributed by atoms with Gasteiger partial charge in [0.2, 0.25) is 0 Å². The molecule has 7 nitrogen and oxygen atoms in total. The van der Waals surface area contributed by atoms with Gasteiger partial charge in [0.1, 0.15) is 18.3 Å². The first kappa shape index (κ1) is 30.6. The van der Waals surface area contributed by atoms with Crippen LogP contribution in [0.4, 0.5) is 0 Å². The summed E-state index contributed by atoms with van der Waals surface area (Å²) in [5, 5.41) is 11.3. The molecule has 1 heterocycles. The van der Waals surface area contributed by atoms with Crippen molar-refractivity contribution in [2.75, 3.05) is 33.7 Å². The standard InChI is InChI=1S/C27H48O7/c1-11-22(15-32-26(29)27(7,8)9)19(4)25(33-16-31-13-12-30-10)21(6)23(28)20(5)24-17(2)14-18(3)34-24/h14,19-23,25,28H,11-13,15-16H2,1-10H3/t19-,20-,21+,22+,23-,25+/m1/s1. The topological polar surface area (TPSA) is 87.4 Å². The van der Waals surface area contributed by atoms with Crippen molar-refractivity contribution in [2.45, 2.75) is 86.9 Å². The molecule has 0 spiro atoms. The quantitative estimate of drug-likeness (QED) is 0.206. The monoisotopic (exact) mass is 484 g/mol. The molecule has 0 fully saturated rings. The Morgan fingerprint density at radius 2 is 1.76 bits per heavy atom. The van der Waals surface area contributed by atoms with E-state index in [0.29, 0.717) is 19.8 Å². The van der Waals surface area contributed by atoms with E-state index in [-0.39, 0.29) is 42.5 Å². The van der Waals surface area contributed by atoms with Crippen LogP contribution >= 0.6 is 0 Å². The second-order valence-electron chi connectivity index (χ2n) is 10.6. The number of rotatable bonds is 15. The first-order valence-electron chi connectivity index (χ1n) is 12.5. The van der Waals surface area contributed by atoms with Gasteiger partial charge in [-0.1, -0.05) is 27.7 Å². The van der Waals surface area contributed by atoms with Crippen LogP contribution in [-0.2, 0) is 23.7 Å². The van der Waals surface area contributed by atoms with E-state index in [4.69, 9.17) is 23.4 Å². The van der Waals surface area contributed by atoms with Gasteiger partial charge in [0.15, 0.2) is 0 Å². The molecule has 1 rings (SSSR count). The van der Waals surface area contributed by atoms with Crippen LogP contribution in [0.3, 0.4) is 0 Å². The number of aryl methyl sites for hydroxylation is 2. The van der Waals surface area contributed by atoms with E-state index in [9.17, 15) is 9.90 Å². The summed E-state index contributed by atoms with van der Waals surface area (Å²) >= 11 is 0. The van der Waals surface area contributed by atoms with Crippen molar-refractivity contribution >= 4 is 5.97 Å². The molecule has 0 aromatic carbocycles. The van der Waals surface area contributed by atoms with Crippen molar-refractivity contribution in [3.05, 3.63) is 23.2 Å². The molecule has 0 radical (unpaired) electrons. The Bertz CT molecular complexity index is 721. The summed E-state index contributed by atoms with van der Waals surface area (Å²) in [6.45, 7) is 18.9. The van der Waals surface area contributed by atoms with Crippen molar-refractivity contribution in [3.8, 4) is 0 Å². The second kappa shape index (κ2) is 14.2. The number of hydrogen-bond donors (Lipinski definition) is 1. The van der Waals surface area contributed by atoms with Crippen LogP contribution in [0.15, 0.2) is 10.5 Å². The number of furan rings is 1. The van der Waals surface area contributed by atoms with Crippen molar-refractivity contribution < 1.29 is 33.3 Å². The maximum Gasteiger partial charge on any atom is 0.311 e. The van der Waals surface area contributed by atoms with Crippen LogP contribution in [0.5, 0.6) is 0 Å². The number of hydrogen-bond acceptors (Lipinski definition) is 7. The highest BCUT2D eigenvalue weighted by Gasteiger charge is 2.37. The van der Waals surface area contributed by atoms with Crippen LogP contribution < -0.4 is 0 Å². The summed E-state index contributed by atoms with van der Waals surface area (Å²) in [7, 11) is 1.62. The Labute approximate surface area is 206 Å². The van der Waals surface area contributed by atoms with Gasteiger partial charge in [0, 0.05) is 18.9 Å². The van der Waals surface area contributed by atoms with Crippen molar-refractivity contribution in [1.29, 1.82) is 0 Å². The predicted molar refractivity (Wildman–Crippen MR) is 133 cm³/mol. The molecule has 34 heavy (non-hydrogen) atoms. The van der Waals surface area contributed by atoms with E-state index in [0.717, 1.165) is 23.5 Å². The summed E-state index contributed by atoms with van der Waals surface area (Å²) in [5.74, 6) is 1.09. The Balaban J connectivity index is 3.01. The van der Waals surface area contributed by atoms with Gasteiger partial charge in [-0.25, -0.2) is 0 Å². The van der Waals surface area contributed by atoms with E-state index < -0.39 is 11.5 Å². The fourth-order valence-electron chi connectivity index (χ4n) is 4.34. The lowest BCUT2D eigenvalue weighted by atomic mass is 9.77. The zero-order valence-corrected chi connectivity index (χ0v) is 23.0. The first-order valence-corrected chi connectivity index (χ1v) is 12.5. The highest BCUT2D eigenvalue weighted by molar-refractivity contribution is 5.75. The van der Waals surface area contributed by atoms with Crippen LogP contribution in [0.1, 0.15) is 77.9 Å². The summed E-state index contributed by atoms with van der Waals surface area (Å²) in [6, 6.07) is 1.99. The second-order valence-corrected chi connectivity index (χ2v) is 10.6. The third-order valence-electron chi connectivity index (χ3n) is 6.66. The molecule has 0 amide bonds. The minimum Gasteiger partial charge on any atom is -0.466 e. The summed E-state index contributed by atoms with van der Waals surface area (Å²) < 4.78 is 28.3. The number of aliphatic hydroxyl groups excluding tert-OH is 1. The SMILES string of the molecule is CC[C@@H](COC(=O)C(C)(C)C)[C@@H](C)[C@H](OCOCCOC)[C@@H](C)[C@H](O)[C@@H](C)c1oc(C)cc1C. The van der Waals surface area contributed by atoms with Crippen LogP contribution in [0.2, 0.25) is 0 Å². The normalized spacial score (nSPS) is 17.6. The molecule has 0 unspecified atom stereocenters. The molecule has 0 saturated carbocycles. The van der Waals surface area contributed by atoms with Gasteiger partial charge in [-0.2, -0.15) is 0 Å². The predicted octanol–water partition coefficient (Wildman–Crippen LogP) is 5.25. The lowest BCUT2D eigenvalue weighted by Gasteiger charge is -2.37. The Morgan fingerprint density at radius 3 is 2.26 bits per heavy atom. The highest BCUT2D eigenvalue weighted by Crippen LogP contribution is 2.35. The molecule has 1 N–H and O–H groups in total. The summed E-state index contributed by atoms with van der Waals surface area (Å²) in [6.07, 6.45) is -0.183. The number of methoxy groups -OCH3 is 1. The van der Waals surface area contributed by atoms with Gasteiger partial charge in [-0.15, -0.1) is 0 Å². The number of aliphatic hydroxyl groups is 1. The van der Waals surface area contributed by atoms with Gasteiger partial charge in [-0.05, 0) is 64.5 Å². The van der Waals surface area contributed by atoms with E-state index in [1.54, 1.807) is 7.11 Å². The molecule has 0 saturated heterocycles. The molecule has 0 aliphatic carbocycles. The molecule has 198 valence electrons. The minimum absolute atomic E-state index is 0.0140. The van der Waals surface area contributed by atoms with Crippen LogP contribution in [-0.4, -0.2) is 57.0 Å². The molecule has 7 heteroatoms. The first-order chi connectivity index (χ1) is 15.8. The van der Waals surface area contributed by atoms with Crippen molar-refractivity contribution in [3.63, 3.8) is 0 Å². The van der Waals surface area contributed by atoms with E-state index in [1.807, 2.05) is 54.5 Å². The van der Waals surface area contributed by atoms with Gasteiger partial charge in [-0.3, -0.25) is 4.79 Å². The van der Waals surface area contributed by atoms with E-state index in [1.165, 1.54) is 0 Å². The minimum atomic E-state index is -0.690. The maximum atomic E-state index is 12.3. The van der Waals surface area contributed by atoms with Gasteiger partial charge in [0.25, 0.3) is 0 Å². The molecular weight excluding hydrogens is 436 g/mol. The van der Waals surface area contributed by atoms with Crippen molar-refractivity contribution in [1.82, 2.24) is 0 Å². The molecule has 6 atom stereocenters. The van der Waals surface area contributed by atoms with Crippen molar-refractivity contribution in [2.24, 2.45) is 23.2 Å². The Morgan fingerprint density at radius 1 is 1.12 bits per heavy atom. The molecule has 1 aromatic heterocycles. The summed E-state index contributed by atoms with van der Waals surface area (Å²) in [5.41, 5.74) is 0.482. The zero-order chi connectivity index (χ0) is 26.1. The van der Waals surface area contributed by atoms with Gasteiger partial charge >= 0.3 is 5.97 Å². The van der Waals surface area contributed by atoms with Gasteiger partial charge < -0.3 is 28.5 Å². The third-order valence-corrected chi connectivity index (χ3v) is 6.66. The van der Waals surface area contributed by atoms with E-state index in [2.05, 4.69) is 13.8 Å². The Hall–Kier alpha value is -1.41. The largest absolute Gasteiger partial charge is 0.466 e. The summed E-state index contributed by atoms with van der Waals surface area (Å²) in [4.78, 5) is 12.3. The average molecular weight is 485 g/mol. The molecule has 0 aliphatic rings. The fourth-order valence-corrected chi connectivity index (χ4v) is 4.34. The average Bonchev–Trinajstić information content (AvgIpc) is 3.11. The lowest BCUT2D eigenvalue weighted by Crippen LogP contribution is -2.42. The molecule has 0 aliphatic heterocycles. The number of esters is 1. The zero-order valence-electron chi connectivity index (χ0n) is 23.0. The number of carbonyl (C=O) groups is 1. The number of carbonyl (C=O) groups excluding carboxylic acids is 1. The smallest absolute Gasteiger partial charge is 0.311 e. The van der Waals surface area contributed by atoms with Gasteiger partial charge in [0.05, 0.1) is 37.4 Å². The fraction of sp³-hybridized carbons (Fsp3) is 0.815. The lowest BCUT2D eigenvalue weighted by molar-refractivity contribution is -0.162. The van der Waals surface area contributed by atoms with Crippen LogP contribution in [0, 0.1) is 37.0 Å². The molecule has 1 aromatic rings. The molecular formula is C27H48O7. The van der Waals surface area contributed by atoms with Crippen LogP contribution in [0.25, 0.3) is 0 Å². The highest BCUT2D eigenvalue weighted by atomic mass is 16.7. The van der Waals surface area contributed by atoms with E-state index >= 15 is 0 Å². The number of ether oxygens (including phenoxy) is 4. The molecule has 0 bridgehead atoms.